The van der Waals surface area contributed by atoms with Gasteiger partial charge in [0.15, 0.2) is 8.32 Å². The summed E-state index contributed by atoms with van der Waals surface area (Å²) in [4.78, 5) is 13.7. The second kappa shape index (κ2) is 9.80. The molecule has 0 saturated carbocycles. The molecule has 0 aromatic heterocycles. The summed E-state index contributed by atoms with van der Waals surface area (Å²) in [6.07, 6.45) is 8.82. The summed E-state index contributed by atoms with van der Waals surface area (Å²) in [7, 11) is -1.65. The third-order valence-corrected chi connectivity index (χ3v) is 8.59. The van der Waals surface area contributed by atoms with Crippen molar-refractivity contribution in [2.75, 3.05) is 19.7 Å². The Labute approximate surface area is 137 Å². The third-order valence-electron chi connectivity index (χ3n) is 4.06. The Morgan fingerprint density at radius 2 is 1.73 bits per heavy atom. The molecule has 0 N–H and O–H groups in total. The van der Waals surface area contributed by atoms with Crippen molar-refractivity contribution in [2.45, 2.75) is 51.7 Å². The topological polar surface area (TPSA) is 29.5 Å². The number of carbonyl (C=O) groups excluding carboxylic acids is 1. The average Bonchev–Trinajstić information content (AvgIpc) is 2.40. The minimum Gasteiger partial charge on any atom is -0.417 e. The molecule has 0 unspecified atom stereocenters. The van der Waals surface area contributed by atoms with Gasteiger partial charge in [0.2, 0.25) is 5.91 Å². The van der Waals surface area contributed by atoms with Gasteiger partial charge in [0, 0.05) is 19.7 Å². The van der Waals surface area contributed by atoms with Crippen molar-refractivity contribution in [3.63, 3.8) is 0 Å². The van der Waals surface area contributed by atoms with Crippen LogP contribution in [0.3, 0.4) is 0 Å². The highest BCUT2D eigenvalue weighted by atomic mass is 28.4. The van der Waals surface area contributed by atoms with Crippen molar-refractivity contribution >= 4 is 14.2 Å². The summed E-state index contributed by atoms with van der Waals surface area (Å²) in [6.45, 7) is 20.4. The second-order valence-electron chi connectivity index (χ2n) is 6.97. The number of rotatable bonds is 10. The van der Waals surface area contributed by atoms with Crippen molar-refractivity contribution in [3.8, 4) is 0 Å². The number of unbranched alkanes of at least 4 members (excludes halogenated alkanes) is 1. The summed E-state index contributed by atoms with van der Waals surface area (Å²) >= 11 is 0. The minimum absolute atomic E-state index is 0.00474. The highest BCUT2D eigenvalue weighted by Crippen LogP contribution is 2.36. The normalized spacial score (nSPS) is 12.4. The molecule has 1 amide bonds. The van der Waals surface area contributed by atoms with Gasteiger partial charge in [-0.05, 0) is 37.0 Å². The van der Waals surface area contributed by atoms with Crippen LogP contribution in [-0.4, -0.2) is 38.8 Å². The van der Waals surface area contributed by atoms with E-state index in [9.17, 15) is 4.79 Å². The van der Waals surface area contributed by atoms with E-state index in [1.807, 2.05) is 6.08 Å². The van der Waals surface area contributed by atoms with E-state index in [1.54, 1.807) is 23.1 Å². The predicted molar refractivity (Wildman–Crippen MR) is 98.5 cm³/mol. The molecule has 3 nitrogen and oxygen atoms in total. The average molecular weight is 324 g/mol. The molecule has 0 spiro atoms. The molecule has 126 valence electrons. The number of carbonyl (C=O) groups is 1. The van der Waals surface area contributed by atoms with E-state index >= 15 is 0 Å². The first-order valence-electron chi connectivity index (χ1n) is 7.97. The SMILES string of the molecule is C=CCN(CC=C)C(=O)/C=C/CCCO[Si](C)(C)C(C)(C)C. The van der Waals surface area contributed by atoms with Gasteiger partial charge in [0.1, 0.15) is 0 Å². The molecule has 0 heterocycles. The van der Waals surface area contributed by atoms with Crippen molar-refractivity contribution in [1.29, 1.82) is 0 Å². The van der Waals surface area contributed by atoms with Crippen molar-refractivity contribution in [3.05, 3.63) is 37.5 Å². The Hall–Kier alpha value is -1.13. The van der Waals surface area contributed by atoms with Crippen LogP contribution in [0.2, 0.25) is 18.1 Å². The molecule has 4 heteroatoms. The van der Waals surface area contributed by atoms with E-state index < -0.39 is 8.32 Å². The monoisotopic (exact) mass is 323 g/mol. The van der Waals surface area contributed by atoms with E-state index in [2.05, 4.69) is 47.0 Å². The molecular weight excluding hydrogens is 290 g/mol. The molecule has 0 bridgehead atoms. The van der Waals surface area contributed by atoms with Gasteiger partial charge in [-0.3, -0.25) is 4.79 Å². The Morgan fingerprint density at radius 3 is 2.18 bits per heavy atom. The first-order valence-corrected chi connectivity index (χ1v) is 10.9. The molecule has 0 aliphatic carbocycles. The number of hydrogen-bond acceptors (Lipinski definition) is 2. The second-order valence-corrected chi connectivity index (χ2v) is 11.8. The number of amides is 1. The van der Waals surface area contributed by atoms with Gasteiger partial charge in [-0.1, -0.05) is 39.0 Å². The Bertz CT molecular complexity index is 384. The van der Waals surface area contributed by atoms with Crippen LogP contribution < -0.4 is 0 Å². The Morgan fingerprint density at radius 1 is 1.18 bits per heavy atom. The maximum atomic E-state index is 12.0. The summed E-state index contributed by atoms with van der Waals surface area (Å²) in [5.74, 6) is 0.00474. The van der Waals surface area contributed by atoms with Crippen molar-refractivity contribution in [2.24, 2.45) is 0 Å². The summed E-state index contributed by atoms with van der Waals surface area (Å²) in [5, 5.41) is 0.245. The molecule has 0 aromatic rings. The van der Waals surface area contributed by atoms with Crippen LogP contribution in [-0.2, 0) is 9.22 Å². The van der Waals surface area contributed by atoms with Crippen molar-refractivity contribution < 1.29 is 9.22 Å². The standard InChI is InChI=1S/C18H33NO2Si/c1-8-14-19(15-9-2)17(20)13-11-10-12-16-21-22(6,7)18(3,4)5/h8-9,11,13H,1-2,10,12,14-16H2,3-7H3/b13-11+. The van der Waals surface area contributed by atoms with Gasteiger partial charge < -0.3 is 9.33 Å². The third kappa shape index (κ3) is 7.76. The molecule has 22 heavy (non-hydrogen) atoms. The summed E-state index contributed by atoms with van der Waals surface area (Å²) in [6, 6.07) is 0. The molecule has 0 radical (unpaired) electrons. The van der Waals surface area contributed by atoms with Crippen LogP contribution >= 0.6 is 0 Å². The van der Waals surface area contributed by atoms with Crippen LogP contribution in [0, 0.1) is 0 Å². The van der Waals surface area contributed by atoms with E-state index in [-0.39, 0.29) is 10.9 Å². The van der Waals surface area contributed by atoms with E-state index in [0.717, 1.165) is 19.4 Å². The Balaban J connectivity index is 4.12. The molecule has 0 aromatic carbocycles. The van der Waals surface area contributed by atoms with Gasteiger partial charge >= 0.3 is 0 Å². The van der Waals surface area contributed by atoms with Gasteiger partial charge in [-0.2, -0.15) is 0 Å². The molecule has 0 aliphatic heterocycles. The largest absolute Gasteiger partial charge is 0.417 e. The number of allylic oxidation sites excluding steroid dienone is 1. The van der Waals surface area contributed by atoms with Crippen LogP contribution in [0.25, 0.3) is 0 Å². The van der Waals surface area contributed by atoms with Crippen LogP contribution in [0.15, 0.2) is 37.5 Å². The lowest BCUT2D eigenvalue weighted by molar-refractivity contribution is -0.125. The van der Waals surface area contributed by atoms with Crippen LogP contribution in [0.1, 0.15) is 33.6 Å². The smallest absolute Gasteiger partial charge is 0.246 e. The molecule has 0 fully saturated rings. The first-order chi connectivity index (χ1) is 10.2. The van der Waals surface area contributed by atoms with Crippen molar-refractivity contribution in [1.82, 2.24) is 4.90 Å². The number of nitrogens with zero attached hydrogens (tertiary/aromatic N) is 1. The van der Waals surface area contributed by atoms with Crippen LogP contribution in [0.5, 0.6) is 0 Å². The minimum atomic E-state index is -1.65. The number of hydrogen-bond donors (Lipinski definition) is 0. The van der Waals surface area contributed by atoms with Crippen LogP contribution in [0.4, 0.5) is 0 Å². The zero-order valence-electron chi connectivity index (χ0n) is 15.0. The van der Waals surface area contributed by atoms with E-state index in [1.165, 1.54) is 0 Å². The fraction of sp³-hybridized carbons (Fsp3) is 0.611. The lowest BCUT2D eigenvalue weighted by Gasteiger charge is -2.36. The molecular formula is C18H33NO2Si. The summed E-state index contributed by atoms with van der Waals surface area (Å²) in [5.41, 5.74) is 0. The van der Waals surface area contributed by atoms with Gasteiger partial charge in [-0.25, -0.2) is 0 Å². The fourth-order valence-corrected chi connectivity index (χ4v) is 2.69. The van der Waals surface area contributed by atoms with Gasteiger partial charge in [0.25, 0.3) is 0 Å². The lowest BCUT2D eigenvalue weighted by Crippen LogP contribution is -2.40. The predicted octanol–water partition coefficient (Wildman–Crippen LogP) is 4.55. The first kappa shape index (κ1) is 20.9. The van der Waals surface area contributed by atoms with Gasteiger partial charge in [0.05, 0.1) is 0 Å². The quantitative estimate of drug-likeness (QED) is 0.255. The molecule has 0 aliphatic rings. The lowest BCUT2D eigenvalue weighted by atomic mass is 10.2. The highest BCUT2D eigenvalue weighted by molar-refractivity contribution is 6.74. The van der Waals surface area contributed by atoms with E-state index in [0.29, 0.717) is 13.1 Å². The molecule has 0 saturated heterocycles. The maximum Gasteiger partial charge on any atom is 0.246 e. The van der Waals surface area contributed by atoms with E-state index in [4.69, 9.17) is 4.43 Å². The highest BCUT2D eigenvalue weighted by Gasteiger charge is 2.36. The zero-order valence-corrected chi connectivity index (χ0v) is 16.0. The van der Waals surface area contributed by atoms with Gasteiger partial charge in [-0.15, -0.1) is 13.2 Å². The molecule has 0 rings (SSSR count). The Kier molecular flexibility index (Phi) is 9.29. The maximum absolute atomic E-state index is 12.0. The zero-order chi connectivity index (χ0) is 17.2. The summed E-state index contributed by atoms with van der Waals surface area (Å²) < 4.78 is 6.11. The molecule has 0 atom stereocenters. The fourth-order valence-electron chi connectivity index (χ4n) is 1.60.